The number of fused-ring (bicyclic) bond motifs is 3. The van der Waals surface area contributed by atoms with Gasteiger partial charge in [-0.05, 0) is 50.8 Å². The van der Waals surface area contributed by atoms with E-state index in [0.29, 0.717) is 23.1 Å². The van der Waals surface area contributed by atoms with E-state index >= 15 is 0 Å². The van der Waals surface area contributed by atoms with E-state index in [0.717, 1.165) is 66.0 Å². The third-order valence-corrected chi connectivity index (χ3v) is 8.95. The molecule has 9 heteroatoms. The van der Waals surface area contributed by atoms with Crippen molar-refractivity contribution >= 4 is 32.7 Å². The molecular weight excluding hydrogens is 493 g/mol. The number of hydrogen-bond acceptors (Lipinski definition) is 7. The Morgan fingerprint density at radius 1 is 1.27 bits per heavy atom. The van der Waals surface area contributed by atoms with Crippen molar-refractivity contribution in [2.45, 2.75) is 57.3 Å². The van der Waals surface area contributed by atoms with Crippen LogP contribution in [0.25, 0.3) is 21.5 Å². The van der Waals surface area contributed by atoms with Gasteiger partial charge in [0.05, 0.1) is 23.0 Å². The van der Waals surface area contributed by atoms with E-state index < -0.39 is 11.8 Å². The Morgan fingerprint density at radius 2 is 2.14 bits per heavy atom. The lowest BCUT2D eigenvalue weighted by atomic mass is 10.0. The number of aromatic carboxylic acids is 1. The number of ether oxygens (including phenoxy) is 1. The zero-order valence-electron chi connectivity index (χ0n) is 20.3. The molecule has 7 rings (SSSR count). The van der Waals surface area contributed by atoms with Crippen molar-refractivity contribution in [1.82, 2.24) is 10.1 Å². The summed E-state index contributed by atoms with van der Waals surface area (Å²) in [5.74, 6) is 0.0506. The molecule has 4 aromatic rings. The zero-order chi connectivity index (χ0) is 25.3. The summed E-state index contributed by atoms with van der Waals surface area (Å²) in [5.41, 5.74) is 4.38. The van der Waals surface area contributed by atoms with E-state index in [9.17, 15) is 14.3 Å². The predicted molar refractivity (Wildman–Crippen MR) is 138 cm³/mol. The van der Waals surface area contributed by atoms with Gasteiger partial charge in [-0.25, -0.2) is 14.2 Å². The summed E-state index contributed by atoms with van der Waals surface area (Å²) in [6.07, 6.45) is 4.30. The fourth-order valence-electron chi connectivity index (χ4n) is 5.91. The summed E-state index contributed by atoms with van der Waals surface area (Å²) >= 11 is 1.36. The lowest BCUT2D eigenvalue weighted by Gasteiger charge is -2.31. The number of carbonyl (C=O) groups is 1. The average molecular weight is 520 g/mol. The van der Waals surface area contributed by atoms with Gasteiger partial charge in [-0.2, -0.15) is 0 Å². The third-order valence-electron chi connectivity index (χ3n) is 7.91. The number of rotatable bonds is 7. The number of aromatic nitrogens is 2. The van der Waals surface area contributed by atoms with Crippen molar-refractivity contribution < 1.29 is 23.6 Å². The highest BCUT2D eigenvalue weighted by Gasteiger charge is 2.46. The van der Waals surface area contributed by atoms with Gasteiger partial charge < -0.3 is 19.3 Å². The van der Waals surface area contributed by atoms with Gasteiger partial charge in [0.2, 0.25) is 0 Å². The second-order valence-corrected chi connectivity index (χ2v) is 11.5. The summed E-state index contributed by atoms with van der Waals surface area (Å²) < 4.78 is 27.4. The molecule has 37 heavy (non-hydrogen) atoms. The number of carboxylic acids is 1. The highest BCUT2D eigenvalue weighted by molar-refractivity contribution is 7.22. The molecule has 2 saturated carbocycles. The molecule has 1 N–H and O–H groups in total. The van der Waals surface area contributed by atoms with E-state index in [2.05, 4.69) is 40.2 Å². The van der Waals surface area contributed by atoms with Crippen molar-refractivity contribution in [1.29, 1.82) is 0 Å². The Morgan fingerprint density at radius 3 is 2.86 bits per heavy atom. The number of halogens is 1. The lowest BCUT2D eigenvalue weighted by molar-refractivity contribution is 0.0122. The van der Waals surface area contributed by atoms with E-state index in [-0.39, 0.29) is 23.2 Å². The Kier molecular flexibility index (Phi) is 5.33. The van der Waals surface area contributed by atoms with Crippen molar-refractivity contribution in [3.63, 3.8) is 0 Å². The largest absolute Gasteiger partial charge is 0.478 e. The van der Waals surface area contributed by atoms with Gasteiger partial charge in [0.1, 0.15) is 17.0 Å². The highest BCUT2D eigenvalue weighted by atomic mass is 32.1. The normalized spacial score (nSPS) is 22.9. The Bertz CT molecular complexity index is 1530. The second kappa shape index (κ2) is 8.63. The Hall–Kier alpha value is -3.30. The molecule has 0 radical (unpaired) electrons. The quantitative estimate of drug-likeness (QED) is 0.313. The minimum absolute atomic E-state index is 0.0547. The fraction of sp³-hybridized carbons (Fsp3) is 0.393. The summed E-state index contributed by atoms with van der Waals surface area (Å²) in [4.78, 5) is 18.1. The smallest absolute Gasteiger partial charge is 0.335 e. The van der Waals surface area contributed by atoms with Gasteiger partial charge in [0.25, 0.3) is 0 Å². The van der Waals surface area contributed by atoms with Crippen LogP contribution in [-0.2, 0) is 11.3 Å². The number of anilines is 1. The number of benzene rings is 2. The number of hydrogen-bond donors (Lipinski definition) is 1. The molecule has 0 spiro atoms. The van der Waals surface area contributed by atoms with E-state index in [4.69, 9.17) is 9.26 Å². The Balaban J connectivity index is 1.08. The summed E-state index contributed by atoms with van der Waals surface area (Å²) in [5, 5.41) is 14.4. The number of piperidine rings is 1. The van der Waals surface area contributed by atoms with E-state index in [1.54, 1.807) is 0 Å². The maximum atomic E-state index is 14.5. The van der Waals surface area contributed by atoms with Crippen molar-refractivity contribution in [3.8, 4) is 11.3 Å². The molecule has 2 bridgehead atoms. The number of nitrogens with zero attached hydrogens (tertiary/aromatic N) is 3. The average Bonchev–Trinajstić information content (AvgIpc) is 3.23. The monoisotopic (exact) mass is 519 g/mol. The van der Waals surface area contributed by atoms with Crippen LogP contribution in [-0.4, -0.2) is 39.9 Å². The van der Waals surface area contributed by atoms with Crippen LogP contribution in [0.1, 0.15) is 58.8 Å². The van der Waals surface area contributed by atoms with Crippen LogP contribution < -0.4 is 4.90 Å². The molecule has 0 amide bonds. The van der Waals surface area contributed by atoms with E-state index in [1.807, 2.05) is 6.07 Å². The predicted octanol–water partition coefficient (Wildman–Crippen LogP) is 6.16. The first kappa shape index (κ1) is 22.9. The summed E-state index contributed by atoms with van der Waals surface area (Å²) in [6.45, 7) is 3.36. The van der Waals surface area contributed by atoms with Gasteiger partial charge in [-0.1, -0.05) is 40.3 Å². The third kappa shape index (κ3) is 4.01. The fourth-order valence-corrected chi connectivity index (χ4v) is 7.01. The van der Waals surface area contributed by atoms with Crippen LogP contribution >= 0.6 is 11.3 Å². The zero-order valence-corrected chi connectivity index (χ0v) is 21.1. The van der Waals surface area contributed by atoms with Crippen LogP contribution in [0.5, 0.6) is 0 Å². The minimum Gasteiger partial charge on any atom is -0.478 e. The van der Waals surface area contributed by atoms with E-state index in [1.165, 1.54) is 23.0 Å². The molecular formula is C28H26FN3O4S. The maximum absolute atomic E-state index is 14.5. The topological polar surface area (TPSA) is 88.7 Å². The molecule has 7 nitrogen and oxygen atoms in total. The van der Waals surface area contributed by atoms with Crippen molar-refractivity contribution in [2.24, 2.45) is 5.92 Å². The number of thiazole rings is 1. The van der Waals surface area contributed by atoms with Crippen LogP contribution in [0.3, 0.4) is 0 Å². The first-order valence-corrected chi connectivity index (χ1v) is 13.5. The van der Waals surface area contributed by atoms with Crippen molar-refractivity contribution in [2.75, 3.05) is 11.4 Å². The van der Waals surface area contributed by atoms with Crippen LogP contribution in [0, 0.1) is 18.7 Å². The van der Waals surface area contributed by atoms with Gasteiger partial charge in [-0.15, -0.1) is 0 Å². The number of aryl methyl sites for hydroxylation is 1. The molecule has 1 aliphatic heterocycles. The molecule has 3 fully saturated rings. The standard InChI is InChI=1S/C28H26FN3O4S/c1-14-3-2-4-16(7-14)24-20(26(36-31-24)15-5-6-15)13-35-22-11-19-8-18(22)12-32(19)28-30-25-21(29)9-17(27(33)34)10-23(25)37-28/h2-4,7,9-10,15,18-19,22H,5-6,8,11-13H2,1H3,(H,33,34)/t18-,19-,22+/m0/s1. The molecule has 2 aliphatic carbocycles. The van der Waals surface area contributed by atoms with Gasteiger partial charge in [0, 0.05) is 35.5 Å². The summed E-state index contributed by atoms with van der Waals surface area (Å²) in [6, 6.07) is 11.1. The summed E-state index contributed by atoms with van der Waals surface area (Å²) in [7, 11) is 0. The van der Waals surface area contributed by atoms with Crippen LogP contribution in [0.4, 0.5) is 9.52 Å². The second-order valence-electron chi connectivity index (χ2n) is 10.5. The molecule has 1 saturated heterocycles. The lowest BCUT2D eigenvalue weighted by Crippen LogP contribution is -2.38. The Labute approximate surface area is 216 Å². The van der Waals surface area contributed by atoms with Crippen LogP contribution in [0.2, 0.25) is 0 Å². The van der Waals surface area contributed by atoms with Gasteiger partial charge >= 0.3 is 5.97 Å². The first-order valence-electron chi connectivity index (χ1n) is 12.7. The molecule has 3 heterocycles. The number of carboxylic acid groups (broad SMARTS) is 1. The van der Waals surface area contributed by atoms with Crippen LogP contribution in [0.15, 0.2) is 40.9 Å². The SMILES string of the molecule is Cc1cccc(-c2noc(C3CC3)c2CO[C@@H]2C[C@@H]3C[C@H]2CN3c2nc3c(F)cc(C(=O)O)cc3s2)c1. The minimum atomic E-state index is -1.14. The van der Waals surface area contributed by atoms with Gasteiger partial charge in [-0.3, -0.25) is 0 Å². The molecule has 3 atom stereocenters. The molecule has 190 valence electrons. The molecule has 2 aromatic heterocycles. The van der Waals surface area contributed by atoms with Crippen molar-refractivity contribution in [3.05, 3.63) is 64.7 Å². The first-order chi connectivity index (χ1) is 17.9. The maximum Gasteiger partial charge on any atom is 0.335 e. The van der Waals surface area contributed by atoms with Gasteiger partial charge in [0.15, 0.2) is 10.9 Å². The highest BCUT2D eigenvalue weighted by Crippen LogP contribution is 2.47. The molecule has 2 aromatic carbocycles. The molecule has 0 unspecified atom stereocenters. The molecule has 3 aliphatic rings.